The molecule has 0 aromatic rings. The SMILES string of the molecule is CCC/C=C/C/C=C/C/C=C/C/C=C/CCCCCC(=O)O[C@H](COC(=O)CCCCCCCCC/C=C/CCCCCC)CO[C@@H]1O[C@H](CO)[C@H](O)C(O)C1O. The van der Waals surface area contributed by atoms with Crippen LogP contribution in [0.5, 0.6) is 0 Å². The third-order valence-corrected chi connectivity index (χ3v) is 9.86. The van der Waals surface area contributed by atoms with Gasteiger partial charge in [0.15, 0.2) is 12.4 Å². The molecule has 57 heavy (non-hydrogen) atoms. The summed E-state index contributed by atoms with van der Waals surface area (Å²) in [7, 11) is 0. The molecule has 328 valence electrons. The Morgan fingerprint density at radius 2 is 1.02 bits per heavy atom. The summed E-state index contributed by atoms with van der Waals surface area (Å²) in [5.74, 6) is -0.852. The largest absolute Gasteiger partial charge is 0.462 e. The molecule has 1 heterocycles. The van der Waals surface area contributed by atoms with Gasteiger partial charge >= 0.3 is 11.9 Å². The van der Waals surface area contributed by atoms with Gasteiger partial charge in [-0.3, -0.25) is 9.59 Å². The molecule has 1 aliphatic heterocycles. The Bertz CT molecular complexity index is 1110. The molecule has 1 fully saturated rings. The summed E-state index contributed by atoms with van der Waals surface area (Å²) in [5.41, 5.74) is 0. The lowest BCUT2D eigenvalue weighted by Crippen LogP contribution is -2.59. The number of hydrogen-bond donors (Lipinski definition) is 4. The van der Waals surface area contributed by atoms with E-state index in [9.17, 15) is 30.0 Å². The van der Waals surface area contributed by atoms with E-state index in [-0.39, 0.29) is 26.1 Å². The van der Waals surface area contributed by atoms with Crippen LogP contribution in [0.1, 0.15) is 168 Å². The number of esters is 2. The standard InChI is InChI=1S/C47H80O10/c1-3-5-7-9-11-13-15-17-19-20-22-24-26-28-30-32-34-36-43(50)56-40(39-55-47-46(53)45(52)44(51)41(37-48)57-47)38-54-42(49)35-33-31-29-27-25-23-21-18-16-14-12-10-8-6-4-2/h7,9,13-16,19-20,24,26,40-41,44-48,51-53H,3-6,8,10-12,17-18,21-23,25,27-39H2,1-2H3/b9-7+,15-13+,16-14+,20-19+,26-24+/t40-,41-,44+,45?,46?,47-/m1/s1. The smallest absolute Gasteiger partial charge is 0.306 e. The molecule has 0 bridgehead atoms. The maximum atomic E-state index is 12.8. The first-order valence-electron chi connectivity index (χ1n) is 22.4. The van der Waals surface area contributed by atoms with Crippen LogP contribution in [0.2, 0.25) is 0 Å². The van der Waals surface area contributed by atoms with Gasteiger partial charge in [0.25, 0.3) is 0 Å². The van der Waals surface area contributed by atoms with Gasteiger partial charge in [-0.25, -0.2) is 0 Å². The Morgan fingerprint density at radius 3 is 1.58 bits per heavy atom. The molecule has 4 N–H and O–H groups in total. The van der Waals surface area contributed by atoms with Crippen molar-refractivity contribution in [1.29, 1.82) is 0 Å². The highest BCUT2D eigenvalue weighted by Crippen LogP contribution is 2.22. The highest BCUT2D eigenvalue weighted by atomic mass is 16.7. The lowest BCUT2D eigenvalue weighted by Gasteiger charge is -2.39. The van der Waals surface area contributed by atoms with Gasteiger partial charge in [0.05, 0.1) is 13.2 Å². The van der Waals surface area contributed by atoms with Crippen molar-refractivity contribution in [3.8, 4) is 0 Å². The fraction of sp³-hybridized carbons (Fsp3) is 0.745. The minimum absolute atomic E-state index is 0.189. The molecule has 1 saturated heterocycles. The fourth-order valence-electron chi connectivity index (χ4n) is 6.29. The van der Waals surface area contributed by atoms with Gasteiger partial charge in [-0.15, -0.1) is 0 Å². The van der Waals surface area contributed by atoms with E-state index in [0.29, 0.717) is 12.8 Å². The summed E-state index contributed by atoms with van der Waals surface area (Å²) in [6.45, 7) is 3.29. The van der Waals surface area contributed by atoms with Crippen LogP contribution < -0.4 is 0 Å². The van der Waals surface area contributed by atoms with Crippen molar-refractivity contribution >= 4 is 11.9 Å². The molecule has 2 unspecified atom stereocenters. The number of hydrogen-bond acceptors (Lipinski definition) is 10. The topological polar surface area (TPSA) is 152 Å². The summed E-state index contributed by atoms with van der Waals surface area (Å²) in [4.78, 5) is 25.3. The van der Waals surface area contributed by atoms with Crippen LogP contribution in [0.3, 0.4) is 0 Å². The highest BCUT2D eigenvalue weighted by molar-refractivity contribution is 5.70. The molecule has 0 radical (unpaired) electrons. The lowest BCUT2D eigenvalue weighted by molar-refractivity contribution is -0.305. The Kier molecular flexibility index (Phi) is 34.6. The third-order valence-electron chi connectivity index (χ3n) is 9.86. The van der Waals surface area contributed by atoms with Crippen molar-refractivity contribution in [1.82, 2.24) is 0 Å². The second-order valence-corrected chi connectivity index (χ2v) is 15.1. The zero-order chi connectivity index (χ0) is 41.6. The van der Waals surface area contributed by atoms with Crippen LogP contribution in [0.15, 0.2) is 60.8 Å². The van der Waals surface area contributed by atoms with Crippen molar-refractivity contribution in [2.45, 2.75) is 205 Å². The predicted octanol–water partition coefficient (Wildman–Crippen LogP) is 9.44. The van der Waals surface area contributed by atoms with Crippen molar-refractivity contribution in [2.75, 3.05) is 19.8 Å². The molecule has 1 aliphatic rings. The summed E-state index contributed by atoms with van der Waals surface area (Å²) < 4.78 is 22.1. The summed E-state index contributed by atoms with van der Waals surface area (Å²) in [6.07, 6.45) is 37.9. The van der Waals surface area contributed by atoms with E-state index in [1.54, 1.807) is 0 Å². The average Bonchev–Trinajstić information content (AvgIpc) is 3.21. The summed E-state index contributed by atoms with van der Waals surface area (Å²) >= 11 is 0. The van der Waals surface area contributed by atoms with Gasteiger partial charge < -0.3 is 39.4 Å². The molecule has 10 nitrogen and oxygen atoms in total. The van der Waals surface area contributed by atoms with Gasteiger partial charge in [-0.05, 0) is 77.0 Å². The minimum atomic E-state index is -1.60. The quantitative estimate of drug-likeness (QED) is 0.0274. The Labute approximate surface area is 345 Å². The normalized spacial score (nSPS) is 20.8. The van der Waals surface area contributed by atoms with Crippen LogP contribution >= 0.6 is 0 Å². The molecular weight excluding hydrogens is 725 g/mol. The van der Waals surface area contributed by atoms with Crippen LogP contribution in [0.4, 0.5) is 0 Å². The first-order valence-corrected chi connectivity index (χ1v) is 22.4. The zero-order valence-electron chi connectivity index (χ0n) is 35.6. The molecule has 10 heteroatoms. The molecular formula is C47H80O10. The number of carbonyl (C=O) groups is 2. The number of carbonyl (C=O) groups excluding carboxylic acids is 2. The Morgan fingerprint density at radius 1 is 0.544 bits per heavy atom. The summed E-state index contributed by atoms with van der Waals surface area (Å²) in [6, 6.07) is 0. The summed E-state index contributed by atoms with van der Waals surface area (Å²) in [5, 5.41) is 40.1. The molecule has 0 aromatic heterocycles. The van der Waals surface area contributed by atoms with E-state index in [0.717, 1.165) is 70.6 Å². The van der Waals surface area contributed by atoms with Crippen LogP contribution in [0.25, 0.3) is 0 Å². The van der Waals surface area contributed by atoms with E-state index in [1.807, 2.05) is 0 Å². The number of rotatable bonds is 36. The van der Waals surface area contributed by atoms with Gasteiger partial charge in [-0.2, -0.15) is 0 Å². The number of ether oxygens (including phenoxy) is 4. The van der Waals surface area contributed by atoms with E-state index in [4.69, 9.17) is 18.9 Å². The number of aliphatic hydroxyl groups excluding tert-OH is 4. The van der Waals surface area contributed by atoms with Gasteiger partial charge in [0.1, 0.15) is 31.0 Å². The van der Waals surface area contributed by atoms with Crippen LogP contribution in [-0.4, -0.2) is 89.0 Å². The van der Waals surface area contributed by atoms with E-state index >= 15 is 0 Å². The molecule has 0 spiro atoms. The van der Waals surface area contributed by atoms with Crippen molar-refractivity contribution in [3.05, 3.63) is 60.8 Å². The fourth-order valence-corrected chi connectivity index (χ4v) is 6.29. The monoisotopic (exact) mass is 805 g/mol. The molecule has 0 aliphatic carbocycles. The Hall–Kier alpha value is -2.60. The molecule has 0 aromatic carbocycles. The third kappa shape index (κ3) is 29.3. The second kappa shape index (κ2) is 37.7. The first-order chi connectivity index (χ1) is 27.8. The van der Waals surface area contributed by atoms with E-state index in [2.05, 4.69) is 74.6 Å². The molecule has 6 atom stereocenters. The maximum absolute atomic E-state index is 12.8. The highest BCUT2D eigenvalue weighted by Gasteiger charge is 2.44. The van der Waals surface area contributed by atoms with E-state index in [1.165, 1.54) is 57.8 Å². The maximum Gasteiger partial charge on any atom is 0.306 e. The Balaban J connectivity index is 2.37. The number of allylic oxidation sites excluding steroid dienone is 10. The van der Waals surface area contributed by atoms with Crippen molar-refractivity contribution < 1.29 is 49.0 Å². The van der Waals surface area contributed by atoms with Gasteiger partial charge in [-0.1, -0.05) is 139 Å². The van der Waals surface area contributed by atoms with Crippen LogP contribution in [-0.2, 0) is 28.5 Å². The van der Waals surface area contributed by atoms with Crippen molar-refractivity contribution in [3.63, 3.8) is 0 Å². The van der Waals surface area contributed by atoms with E-state index < -0.39 is 55.4 Å². The van der Waals surface area contributed by atoms with Crippen molar-refractivity contribution in [2.24, 2.45) is 0 Å². The van der Waals surface area contributed by atoms with Gasteiger partial charge in [0, 0.05) is 12.8 Å². The minimum Gasteiger partial charge on any atom is -0.462 e. The predicted molar refractivity (Wildman–Crippen MR) is 228 cm³/mol. The average molecular weight is 805 g/mol. The molecule has 1 rings (SSSR count). The zero-order valence-corrected chi connectivity index (χ0v) is 35.6. The lowest BCUT2D eigenvalue weighted by atomic mass is 9.99. The molecule has 0 amide bonds. The first kappa shape index (κ1) is 52.4. The van der Waals surface area contributed by atoms with Crippen LogP contribution in [0, 0.1) is 0 Å². The molecule has 0 saturated carbocycles. The number of aliphatic hydroxyl groups is 4. The number of unbranched alkanes of at least 4 members (excludes halogenated alkanes) is 15. The van der Waals surface area contributed by atoms with Gasteiger partial charge in [0.2, 0.25) is 0 Å². The second-order valence-electron chi connectivity index (χ2n) is 15.1.